The molecular weight excluding hydrogens is 775 g/mol. The van der Waals surface area contributed by atoms with Crippen LogP contribution in [0.4, 0.5) is 0 Å². The van der Waals surface area contributed by atoms with E-state index in [1.54, 1.807) is 37.0 Å². The molecule has 4 rings (SSSR count). The summed E-state index contributed by atoms with van der Waals surface area (Å²) in [5.41, 5.74) is 4.60. The molecule has 13 heteroatoms. The average Bonchev–Trinajstić information content (AvgIpc) is 3.25. The fourth-order valence-electron chi connectivity index (χ4n) is 8.12. The number of ketones is 1. The van der Waals surface area contributed by atoms with Crippen molar-refractivity contribution in [1.29, 1.82) is 0 Å². The Balaban J connectivity index is 1.65. The number of fused-ring (bicyclic) bond motifs is 2. The molecule has 1 aromatic carbocycles. The largest absolute Gasteiger partial charge is 0.456 e. The van der Waals surface area contributed by atoms with E-state index in [-0.39, 0.29) is 49.5 Å². The number of nitrogens with one attached hydrogen (secondary N) is 3. The van der Waals surface area contributed by atoms with Crippen molar-refractivity contribution in [3.8, 4) is 0 Å². The van der Waals surface area contributed by atoms with Crippen LogP contribution in [0.5, 0.6) is 0 Å². The van der Waals surface area contributed by atoms with Crippen LogP contribution in [0.15, 0.2) is 78.4 Å². The normalized spacial score (nSPS) is 28.2. The summed E-state index contributed by atoms with van der Waals surface area (Å²) in [5, 5.41) is 18.6. The van der Waals surface area contributed by atoms with Crippen LogP contribution in [0.25, 0.3) is 0 Å². The van der Waals surface area contributed by atoms with Gasteiger partial charge in [-0.2, -0.15) is 0 Å². The second-order valence-corrected chi connectivity index (χ2v) is 17.4. The Kier molecular flexibility index (Phi) is 19.6. The van der Waals surface area contributed by atoms with Crippen molar-refractivity contribution in [1.82, 2.24) is 26.0 Å². The lowest BCUT2D eigenvalue weighted by atomic mass is 9.85. The maximum absolute atomic E-state index is 14.4. The molecule has 1 aliphatic carbocycles. The second kappa shape index (κ2) is 24.5. The number of Topliss-reactive ketones (excluding diaryl/α,β-unsaturated/α-hetero) is 1. The molecule has 4 N–H and O–H groups in total. The van der Waals surface area contributed by atoms with Gasteiger partial charge < -0.3 is 30.2 Å². The van der Waals surface area contributed by atoms with Crippen LogP contribution in [-0.4, -0.2) is 100 Å². The molecule has 4 amide bonds. The van der Waals surface area contributed by atoms with Crippen LogP contribution in [0.3, 0.4) is 0 Å². The third-order valence-corrected chi connectivity index (χ3v) is 12.1. The Morgan fingerprint density at radius 3 is 2.30 bits per heavy atom. The molecule has 6 unspecified atom stereocenters. The first-order chi connectivity index (χ1) is 29.2. The Morgan fingerprint density at radius 1 is 0.934 bits per heavy atom. The fourth-order valence-corrected chi connectivity index (χ4v) is 8.12. The number of benzene rings is 1. The number of nitrogens with zero attached hydrogens (tertiary/aromatic N) is 2. The Labute approximate surface area is 362 Å². The van der Waals surface area contributed by atoms with Gasteiger partial charge in [0.1, 0.15) is 30.0 Å². The van der Waals surface area contributed by atoms with Gasteiger partial charge >= 0.3 is 5.97 Å². The standard InChI is InChI=1S/C48H69N5O8/c1-32(2)43-46(58)49-40(31-36-21-12-9-13-22-36)47(59)53-30-18-25-39(51-53)48(60)61-41(33(3)20-17-27-42(55)52(6)37-23-14-10-15-24-37)26-16-8-7-11-19-34(4)44(56)38(45(57)50-43)29-28-35(5)54/h7-9,11-13,16-17,20-22,27,32,34,37-41,43-44,51,56H,10,14-15,18-19,23-26,28-31H2,1-6H3,(H,49,58)(H,50,57)/b11-7+,16-8+,27-17+,33-20+/t34?,38?,39?,40?,41-,43?,44?/m0/s1. The first-order valence-electron chi connectivity index (χ1n) is 22.2. The monoisotopic (exact) mass is 844 g/mol. The number of hydrogen-bond acceptors (Lipinski definition) is 9. The van der Waals surface area contributed by atoms with Crippen LogP contribution < -0.4 is 16.1 Å². The first-order valence-corrected chi connectivity index (χ1v) is 22.2. The summed E-state index contributed by atoms with van der Waals surface area (Å²) in [6.07, 6.45) is 18.1. The molecule has 3 aliphatic rings. The van der Waals surface area contributed by atoms with Crippen LogP contribution in [0.2, 0.25) is 0 Å². The van der Waals surface area contributed by atoms with Crippen molar-refractivity contribution < 1.29 is 38.6 Å². The molecule has 1 saturated heterocycles. The maximum Gasteiger partial charge on any atom is 0.325 e. The minimum atomic E-state index is -1.12. The number of aliphatic hydroxyl groups is 1. The molecule has 2 aliphatic heterocycles. The van der Waals surface area contributed by atoms with E-state index < -0.39 is 65.9 Å². The van der Waals surface area contributed by atoms with Crippen molar-refractivity contribution in [2.45, 2.75) is 148 Å². The number of hydrazine groups is 1. The highest BCUT2D eigenvalue weighted by Gasteiger charge is 2.38. The zero-order valence-electron chi connectivity index (χ0n) is 37.0. The topological polar surface area (TPSA) is 174 Å². The molecule has 0 aromatic heterocycles. The molecule has 13 nitrogen and oxygen atoms in total. The lowest BCUT2D eigenvalue weighted by Crippen LogP contribution is -2.62. The van der Waals surface area contributed by atoms with Crippen LogP contribution in [0.1, 0.15) is 111 Å². The minimum absolute atomic E-state index is 0.0803. The van der Waals surface area contributed by atoms with E-state index in [0.29, 0.717) is 25.7 Å². The quantitative estimate of drug-likeness (QED) is 0.136. The number of carbonyl (C=O) groups is 6. The number of rotatable bonds is 10. The zero-order chi connectivity index (χ0) is 44.5. The molecule has 334 valence electrons. The molecule has 1 saturated carbocycles. The maximum atomic E-state index is 14.4. The van der Waals surface area contributed by atoms with Crippen LogP contribution in [-0.2, 0) is 39.9 Å². The van der Waals surface area contributed by atoms with Gasteiger partial charge in [-0.3, -0.25) is 29.0 Å². The number of amides is 4. The highest BCUT2D eigenvalue weighted by Crippen LogP contribution is 2.24. The van der Waals surface area contributed by atoms with E-state index in [9.17, 15) is 33.9 Å². The van der Waals surface area contributed by atoms with Gasteiger partial charge in [-0.15, -0.1) is 0 Å². The van der Waals surface area contributed by atoms with Crippen LogP contribution >= 0.6 is 0 Å². The Bertz CT molecular complexity index is 1770. The highest BCUT2D eigenvalue weighted by atomic mass is 16.5. The predicted molar refractivity (Wildman–Crippen MR) is 235 cm³/mol. The fraction of sp³-hybridized carbons (Fsp3) is 0.583. The number of ether oxygens (including phenoxy) is 1. The predicted octanol–water partition coefficient (Wildman–Crippen LogP) is 5.44. The Morgan fingerprint density at radius 2 is 1.62 bits per heavy atom. The molecule has 2 fully saturated rings. The minimum Gasteiger partial charge on any atom is -0.456 e. The summed E-state index contributed by atoms with van der Waals surface area (Å²) >= 11 is 0. The van der Waals surface area contributed by atoms with E-state index in [0.717, 1.165) is 36.8 Å². The van der Waals surface area contributed by atoms with Crippen molar-refractivity contribution >= 4 is 35.4 Å². The van der Waals surface area contributed by atoms with E-state index in [4.69, 9.17) is 4.74 Å². The van der Waals surface area contributed by atoms with Gasteiger partial charge in [0.15, 0.2) is 0 Å². The van der Waals surface area contributed by atoms with Gasteiger partial charge in [0.2, 0.25) is 17.7 Å². The zero-order valence-corrected chi connectivity index (χ0v) is 37.0. The molecule has 7 atom stereocenters. The molecule has 0 radical (unpaired) electrons. The average molecular weight is 844 g/mol. The first kappa shape index (κ1) is 48.8. The van der Waals surface area contributed by atoms with Gasteiger partial charge in [-0.25, -0.2) is 5.43 Å². The van der Waals surface area contributed by atoms with Crippen molar-refractivity contribution in [2.75, 3.05) is 13.6 Å². The number of cyclic esters (lactones) is 1. The van der Waals surface area contributed by atoms with Crippen LogP contribution in [0, 0.1) is 17.8 Å². The number of allylic oxidation sites excluding steroid dienone is 5. The van der Waals surface area contributed by atoms with Gasteiger partial charge in [0.05, 0.1) is 12.0 Å². The van der Waals surface area contributed by atoms with Crippen molar-refractivity contribution in [3.63, 3.8) is 0 Å². The van der Waals surface area contributed by atoms with E-state index in [1.165, 1.54) is 18.4 Å². The summed E-state index contributed by atoms with van der Waals surface area (Å²) in [4.78, 5) is 83.1. The summed E-state index contributed by atoms with van der Waals surface area (Å²) < 4.78 is 6.14. The number of hydrogen-bond donors (Lipinski definition) is 4. The number of carbonyl (C=O) groups excluding carboxylic acids is 6. The van der Waals surface area contributed by atoms with Gasteiger partial charge in [-0.05, 0) is 75.3 Å². The summed E-state index contributed by atoms with van der Waals surface area (Å²) in [6.45, 7) is 8.96. The van der Waals surface area contributed by atoms with E-state index >= 15 is 0 Å². The SMILES string of the molecule is CC(=O)CCC1C(=O)NC(C(C)C)C(=O)NC(Cc2ccccc2)C(=O)N2CCCC(N2)C(=O)O[C@H](/C(C)=C/C=C/C(=O)N(C)C2CCCCC2)C/C=C/C=C/CC(C)C1O. The van der Waals surface area contributed by atoms with Crippen molar-refractivity contribution in [2.24, 2.45) is 17.8 Å². The lowest BCUT2D eigenvalue weighted by Gasteiger charge is -2.36. The third-order valence-electron chi connectivity index (χ3n) is 12.1. The van der Waals surface area contributed by atoms with Gasteiger partial charge in [0, 0.05) is 45.0 Å². The van der Waals surface area contributed by atoms with Gasteiger partial charge in [-0.1, -0.05) is 107 Å². The number of aliphatic hydroxyl groups excluding tert-OH is 1. The smallest absolute Gasteiger partial charge is 0.325 e. The molecule has 0 spiro atoms. The van der Waals surface area contributed by atoms with Gasteiger partial charge in [0.25, 0.3) is 5.91 Å². The molecular formula is C48H69N5O8. The summed E-state index contributed by atoms with van der Waals surface area (Å²) in [7, 11) is 1.84. The highest BCUT2D eigenvalue weighted by molar-refractivity contribution is 5.93. The molecule has 1 aromatic rings. The van der Waals surface area contributed by atoms with E-state index in [1.807, 2.05) is 75.5 Å². The molecule has 61 heavy (non-hydrogen) atoms. The molecule has 2 bridgehead atoms. The second-order valence-electron chi connectivity index (χ2n) is 17.4. The summed E-state index contributed by atoms with van der Waals surface area (Å²) in [6, 6.07) is 6.53. The number of likely N-dealkylation sites (N-methyl/N-ethyl adjacent to an activating group) is 1. The Hall–Kier alpha value is -4.88. The third kappa shape index (κ3) is 15.2. The van der Waals surface area contributed by atoms with E-state index in [2.05, 4.69) is 16.1 Å². The van der Waals surface area contributed by atoms with Crippen molar-refractivity contribution in [3.05, 3.63) is 84.0 Å². The number of esters is 1. The lowest BCUT2D eigenvalue weighted by molar-refractivity contribution is -0.156. The summed E-state index contributed by atoms with van der Waals surface area (Å²) in [5.74, 6) is -4.04. The molecule has 2 heterocycles.